The van der Waals surface area contributed by atoms with Crippen LogP contribution in [0.15, 0.2) is 53.5 Å². The Morgan fingerprint density at radius 1 is 0.951 bits per heavy atom. The molecule has 2 aromatic rings. The van der Waals surface area contributed by atoms with Crippen LogP contribution >= 0.6 is 23.2 Å². The Labute approximate surface area is 256 Å². The summed E-state index contributed by atoms with van der Waals surface area (Å²) in [6.45, 7) is 0. The fourth-order valence-corrected chi connectivity index (χ4v) is 8.10. The third kappa shape index (κ3) is 6.78. The van der Waals surface area contributed by atoms with Crippen LogP contribution in [-0.4, -0.2) is 60.9 Å². The van der Waals surface area contributed by atoms with Crippen molar-refractivity contribution < 1.29 is 9.53 Å². The zero-order chi connectivity index (χ0) is 29.0. The van der Waals surface area contributed by atoms with Gasteiger partial charge >= 0.3 is 5.97 Å². The highest BCUT2D eigenvalue weighted by atomic mass is 35.5. The van der Waals surface area contributed by atoms with Crippen molar-refractivity contribution in [1.82, 2.24) is 9.80 Å². The Bertz CT molecular complexity index is 1170. The van der Waals surface area contributed by atoms with Gasteiger partial charge in [-0.1, -0.05) is 79.6 Å². The number of aliphatic imine (C=N–C) groups is 1. The largest absolute Gasteiger partial charge is 0.467 e. The van der Waals surface area contributed by atoms with E-state index in [1.165, 1.54) is 57.6 Å². The third-order valence-electron chi connectivity index (χ3n) is 9.92. The first kappa shape index (κ1) is 30.4. The number of hydrogen-bond donors (Lipinski definition) is 0. The van der Waals surface area contributed by atoms with Crippen LogP contribution in [-0.2, 0) is 16.0 Å². The van der Waals surface area contributed by atoms with Crippen molar-refractivity contribution in [2.75, 3.05) is 21.2 Å². The molecule has 7 heteroatoms. The molecule has 0 radical (unpaired) electrons. The van der Waals surface area contributed by atoms with E-state index in [1.807, 2.05) is 42.7 Å². The van der Waals surface area contributed by atoms with Crippen molar-refractivity contribution in [3.05, 3.63) is 69.7 Å². The van der Waals surface area contributed by atoms with Gasteiger partial charge in [-0.25, -0.2) is 4.79 Å². The van der Waals surface area contributed by atoms with E-state index >= 15 is 0 Å². The summed E-state index contributed by atoms with van der Waals surface area (Å²) in [6, 6.07) is 17.0. The number of benzene rings is 2. The van der Waals surface area contributed by atoms with Gasteiger partial charge in [0.25, 0.3) is 0 Å². The molecule has 5 rings (SSSR count). The lowest BCUT2D eigenvalue weighted by Crippen LogP contribution is -2.56. The van der Waals surface area contributed by atoms with Crippen LogP contribution in [0.5, 0.6) is 0 Å². The Morgan fingerprint density at radius 3 is 2.15 bits per heavy atom. The number of hydrogen-bond acceptors (Lipinski definition) is 5. The van der Waals surface area contributed by atoms with Crippen LogP contribution in [0.1, 0.15) is 81.4 Å². The number of carbonyl (C=O) groups excluding carboxylic acids is 1. The van der Waals surface area contributed by atoms with Gasteiger partial charge in [0.15, 0.2) is 5.54 Å². The minimum Gasteiger partial charge on any atom is -0.467 e. The van der Waals surface area contributed by atoms with E-state index in [0.29, 0.717) is 35.4 Å². The molecule has 5 nitrogen and oxygen atoms in total. The normalized spacial score (nSPS) is 27.8. The zero-order valence-corrected chi connectivity index (χ0v) is 26.3. The van der Waals surface area contributed by atoms with Gasteiger partial charge in [-0.2, -0.15) is 0 Å². The number of halogens is 2. The van der Waals surface area contributed by atoms with E-state index in [-0.39, 0.29) is 12.0 Å². The molecular formula is C34H45Cl2N3O2. The average molecular weight is 599 g/mol. The molecule has 41 heavy (non-hydrogen) atoms. The van der Waals surface area contributed by atoms with Crippen molar-refractivity contribution in [3.8, 4) is 0 Å². The highest BCUT2D eigenvalue weighted by Crippen LogP contribution is 2.44. The Hall–Kier alpha value is -2.08. The molecule has 2 fully saturated rings. The van der Waals surface area contributed by atoms with Gasteiger partial charge in [-0.05, 0) is 93.4 Å². The van der Waals surface area contributed by atoms with E-state index < -0.39 is 5.54 Å². The van der Waals surface area contributed by atoms with E-state index in [4.69, 9.17) is 32.9 Å². The maximum atomic E-state index is 13.7. The van der Waals surface area contributed by atoms with E-state index in [0.717, 1.165) is 29.8 Å². The molecular weight excluding hydrogens is 553 g/mol. The molecule has 0 aromatic heterocycles. The lowest BCUT2D eigenvalue weighted by atomic mass is 9.71. The highest BCUT2D eigenvalue weighted by molar-refractivity contribution is 6.30. The quantitative estimate of drug-likeness (QED) is 0.275. The number of esters is 1. The first-order valence-corrected chi connectivity index (χ1v) is 16.1. The smallest absolute Gasteiger partial charge is 0.336 e. The topological polar surface area (TPSA) is 45.1 Å². The number of methoxy groups -OCH3 is 1. The van der Waals surface area contributed by atoms with Crippen molar-refractivity contribution in [3.63, 3.8) is 0 Å². The van der Waals surface area contributed by atoms with Crippen LogP contribution in [0.4, 0.5) is 0 Å². The van der Waals surface area contributed by atoms with Crippen LogP contribution in [0.3, 0.4) is 0 Å². The lowest BCUT2D eigenvalue weighted by Gasteiger charge is -2.43. The molecule has 3 unspecified atom stereocenters. The predicted molar refractivity (Wildman–Crippen MR) is 169 cm³/mol. The van der Waals surface area contributed by atoms with Gasteiger partial charge in [0, 0.05) is 28.5 Å². The van der Waals surface area contributed by atoms with Crippen LogP contribution < -0.4 is 0 Å². The second-order valence-corrected chi connectivity index (χ2v) is 13.6. The average Bonchev–Trinajstić information content (AvgIpc) is 3.34. The summed E-state index contributed by atoms with van der Waals surface area (Å²) in [4.78, 5) is 23.6. The van der Waals surface area contributed by atoms with Crippen molar-refractivity contribution >= 4 is 35.5 Å². The first-order chi connectivity index (χ1) is 19.8. The molecule has 0 spiro atoms. The van der Waals surface area contributed by atoms with Crippen LogP contribution in [0.2, 0.25) is 10.0 Å². The molecule has 222 valence electrons. The van der Waals surface area contributed by atoms with Gasteiger partial charge in [-0.3, -0.25) is 4.99 Å². The summed E-state index contributed by atoms with van der Waals surface area (Å²) in [5.41, 5.74) is 1.46. The summed E-state index contributed by atoms with van der Waals surface area (Å²) >= 11 is 12.4. The van der Waals surface area contributed by atoms with E-state index in [9.17, 15) is 4.79 Å². The molecule has 0 bridgehead atoms. The van der Waals surface area contributed by atoms with E-state index in [2.05, 4.69) is 36.0 Å². The second kappa shape index (κ2) is 13.5. The minimum atomic E-state index is -0.938. The summed E-state index contributed by atoms with van der Waals surface area (Å²) in [5.74, 6) is 0.915. The first-order valence-electron chi connectivity index (χ1n) is 15.4. The highest BCUT2D eigenvalue weighted by Gasteiger charge is 2.54. The summed E-state index contributed by atoms with van der Waals surface area (Å²) in [7, 11) is 5.88. The molecule has 2 aliphatic carbocycles. The number of rotatable bonds is 9. The van der Waals surface area contributed by atoms with Gasteiger partial charge in [0.05, 0.1) is 19.5 Å². The lowest BCUT2D eigenvalue weighted by molar-refractivity contribution is -0.149. The minimum absolute atomic E-state index is 0.00353. The molecule has 0 N–H and O–H groups in total. The number of nitrogens with zero attached hydrogens (tertiary/aromatic N) is 3. The molecule has 0 saturated heterocycles. The van der Waals surface area contributed by atoms with E-state index in [1.54, 1.807) is 0 Å². The van der Waals surface area contributed by atoms with Crippen molar-refractivity contribution in [2.45, 2.75) is 94.3 Å². The monoisotopic (exact) mass is 597 g/mol. The van der Waals surface area contributed by atoms with Crippen molar-refractivity contribution in [2.24, 2.45) is 16.8 Å². The van der Waals surface area contributed by atoms with Gasteiger partial charge < -0.3 is 14.5 Å². The molecule has 2 aromatic carbocycles. The fraction of sp³-hybridized carbons (Fsp3) is 0.588. The number of carbonyl (C=O) groups is 1. The zero-order valence-electron chi connectivity index (χ0n) is 24.8. The summed E-state index contributed by atoms with van der Waals surface area (Å²) in [6.07, 6.45) is 14.3. The summed E-state index contributed by atoms with van der Waals surface area (Å²) < 4.78 is 5.50. The Morgan fingerprint density at radius 2 is 1.56 bits per heavy atom. The van der Waals surface area contributed by atoms with Gasteiger partial charge in [0.1, 0.15) is 0 Å². The molecule has 3 atom stereocenters. The fourth-order valence-electron chi connectivity index (χ4n) is 7.85. The molecule has 0 amide bonds. The van der Waals surface area contributed by atoms with Gasteiger partial charge in [-0.15, -0.1) is 0 Å². The predicted octanol–water partition coefficient (Wildman–Crippen LogP) is 7.99. The van der Waals surface area contributed by atoms with Crippen LogP contribution in [0, 0.1) is 11.8 Å². The standard InChI is InChI=1S/C34H45Cl2N3O2/c1-38(2)32(27-15-19-29(36)20-16-27)26-13-9-24(10-14-26)21-31-34(33(40)41-3,22-25-11-17-28(35)18-12-25)37-23-39(31)30-7-5-4-6-8-30/h11-12,15-20,23-24,26,30-32H,4-10,13-14,21-22H2,1-3H3. The maximum Gasteiger partial charge on any atom is 0.336 e. The summed E-state index contributed by atoms with van der Waals surface area (Å²) in [5, 5.41) is 1.48. The molecule has 1 aliphatic heterocycles. The molecule has 2 saturated carbocycles. The Balaban J connectivity index is 1.36. The van der Waals surface area contributed by atoms with Gasteiger partial charge in [0.2, 0.25) is 0 Å². The van der Waals surface area contributed by atoms with Crippen molar-refractivity contribution in [1.29, 1.82) is 0 Å². The second-order valence-electron chi connectivity index (χ2n) is 12.7. The Kier molecular flexibility index (Phi) is 9.99. The SMILES string of the molecule is COC(=O)C1(Cc2ccc(Cl)cc2)N=CN(C2CCCCC2)C1CC1CCC(C(c2ccc(Cl)cc2)N(C)C)CC1. The number of ether oxygens (including phenoxy) is 1. The molecule has 3 aliphatic rings. The third-order valence-corrected chi connectivity index (χ3v) is 10.4. The van der Waals surface area contributed by atoms with Crippen LogP contribution in [0.25, 0.3) is 0 Å². The molecule has 1 heterocycles. The maximum absolute atomic E-state index is 13.7.